The lowest BCUT2D eigenvalue weighted by Gasteiger charge is -2.15. The van der Waals surface area contributed by atoms with Crippen molar-refractivity contribution in [2.45, 2.75) is 20.3 Å². The Bertz CT molecular complexity index is 600. The first-order valence-corrected chi connectivity index (χ1v) is 6.41. The predicted octanol–water partition coefficient (Wildman–Crippen LogP) is 2.39. The van der Waals surface area contributed by atoms with E-state index in [4.69, 9.17) is 10.6 Å². The second-order valence-corrected chi connectivity index (χ2v) is 4.38. The number of hydrogen-bond acceptors (Lipinski definition) is 6. The number of nitrogens with zero attached hydrogens (tertiary/aromatic N) is 2. The van der Waals surface area contributed by atoms with Crippen LogP contribution < -0.4 is 21.3 Å². The van der Waals surface area contributed by atoms with E-state index in [2.05, 4.69) is 20.7 Å². The van der Waals surface area contributed by atoms with Gasteiger partial charge in [-0.15, -0.1) is 0 Å². The summed E-state index contributed by atoms with van der Waals surface area (Å²) in [5.41, 5.74) is 5.52. The van der Waals surface area contributed by atoms with E-state index in [1.807, 2.05) is 32.0 Å². The molecule has 0 aliphatic carbocycles. The van der Waals surface area contributed by atoms with E-state index >= 15 is 0 Å². The minimum Gasteiger partial charge on any atom is -0.495 e. The average Bonchev–Trinajstić information content (AvgIpc) is 2.47. The Labute approximate surface area is 118 Å². The van der Waals surface area contributed by atoms with Crippen molar-refractivity contribution < 1.29 is 4.74 Å². The monoisotopic (exact) mass is 273 g/mol. The molecule has 1 aromatic heterocycles. The molecule has 6 nitrogen and oxygen atoms in total. The summed E-state index contributed by atoms with van der Waals surface area (Å²) < 4.78 is 5.36. The molecule has 0 fully saturated rings. The summed E-state index contributed by atoms with van der Waals surface area (Å²) in [6, 6.07) is 5.93. The highest BCUT2D eigenvalue weighted by Crippen LogP contribution is 2.30. The maximum absolute atomic E-state index is 5.48. The number of nitrogen functional groups attached to an aromatic ring is 1. The fourth-order valence-electron chi connectivity index (χ4n) is 2.03. The van der Waals surface area contributed by atoms with E-state index in [0.717, 1.165) is 34.8 Å². The van der Waals surface area contributed by atoms with Crippen LogP contribution in [0.3, 0.4) is 0 Å². The minimum atomic E-state index is 0.622. The molecule has 0 unspecified atom stereocenters. The summed E-state index contributed by atoms with van der Waals surface area (Å²) >= 11 is 0. The standard InChI is InChI=1S/C14H19N5O/c1-4-10-13(16-8-17-14(10)19-15)18-11-7-9(2)5-6-12(11)20-3/h5-8H,4,15H2,1-3H3,(H2,16,17,18,19). The molecule has 0 amide bonds. The molecule has 0 atom stereocenters. The fraction of sp³-hybridized carbons (Fsp3) is 0.286. The second kappa shape index (κ2) is 6.21. The van der Waals surface area contributed by atoms with Gasteiger partial charge in [-0.2, -0.15) is 0 Å². The lowest BCUT2D eigenvalue weighted by atomic mass is 10.2. The molecule has 106 valence electrons. The molecule has 4 N–H and O–H groups in total. The fourth-order valence-corrected chi connectivity index (χ4v) is 2.03. The van der Waals surface area contributed by atoms with Gasteiger partial charge in [-0.1, -0.05) is 13.0 Å². The minimum absolute atomic E-state index is 0.622. The van der Waals surface area contributed by atoms with Crippen LogP contribution in [-0.4, -0.2) is 17.1 Å². The summed E-state index contributed by atoms with van der Waals surface area (Å²) in [5.74, 6) is 7.58. The summed E-state index contributed by atoms with van der Waals surface area (Å²) in [5, 5.41) is 3.29. The van der Waals surface area contributed by atoms with E-state index in [-0.39, 0.29) is 0 Å². The van der Waals surface area contributed by atoms with Crippen LogP contribution in [0.1, 0.15) is 18.1 Å². The largest absolute Gasteiger partial charge is 0.495 e. The van der Waals surface area contributed by atoms with Crippen molar-refractivity contribution in [1.29, 1.82) is 0 Å². The zero-order chi connectivity index (χ0) is 14.5. The van der Waals surface area contributed by atoms with Gasteiger partial charge in [0.25, 0.3) is 0 Å². The van der Waals surface area contributed by atoms with Gasteiger partial charge < -0.3 is 15.5 Å². The number of nitrogens with one attached hydrogen (secondary N) is 2. The zero-order valence-electron chi connectivity index (χ0n) is 11.9. The number of rotatable bonds is 5. The quantitative estimate of drug-likeness (QED) is 0.573. The zero-order valence-corrected chi connectivity index (χ0v) is 11.9. The van der Waals surface area contributed by atoms with Crippen LogP contribution in [0.15, 0.2) is 24.5 Å². The van der Waals surface area contributed by atoms with Crippen LogP contribution in [-0.2, 0) is 6.42 Å². The molecule has 1 heterocycles. The molecule has 2 rings (SSSR count). The third-order valence-corrected chi connectivity index (χ3v) is 3.04. The molecule has 0 aliphatic rings. The van der Waals surface area contributed by atoms with E-state index in [0.29, 0.717) is 5.82 Å². The van der Waals surface area contributed by atoms with Gasteiger partial charge in [0.2, 0.25) is 0 Å². The van der Waals surface area contributed by atoms with Gasteiger partial charge in [0.05, 0.1) is 12.8 Å². The van der Waals surface area contributed by atoms with Gasteiger partial charge in [0.1, 0.15) is 23.7 Å². The Morgan fingerprint density at radius 1 is 1.25 bits per heavy atom. The number of aryl methyl sites for hydroxylation is 1. The normalized spacial score (nSPS) is 10.2. The topological polar surface area (TPSA) is 85.1 Å². The number of nitrogens with two attached hydrogens (primary N) is 1. The number of ether oxygens (including phenoxy) is 1. The Kier molecular flexibility index (Phi) is 4.37. The molecular formula is C14H19N5O. The third-order valence-electron chi connectivity index (χ3n) is 3.04. The smallest absolute Gasteiger partial charge is 0.148 e. The second-order valence-electron chi connectivity index (χ2n) is 4.38. The first-order valence-electron chi connectivity index (χ1n) is 6.41. The molecule has 1 aromatic carbocycles. The van der Waals surface area contributed by atoms with Crippen molar-refractivity contribution in [2.75, 3.05) is 17.9 Å². The van der Waals surface area contributed by atoms with Gasteiger partial charge in [-0.25, -0.2) is 15.8 Å². The molecule has 20 heavy (non-hydrogen) atoms. The van der Waals surface area contributed by atoms with Crippen molar-refractivity contribution in [1.82, 2.24) is 9.97 Å². The molecule has 0 spiro atoms. The first kappa shape index (κ1) is 14.1. The molecule has 0 aliphatic heterocycles. The van der Waals surface area contributed by atoms with Crippen LogP contribution in [0.25, 0.3) is 0 Å². The van der Waals surface area contributed by atoms with E-state index in [1.54, 1.807) is 7.11 Å². The average molecular weight is 273 g/mol. The van der Waals surface area contributed by atoms with Crippen LogP contribution >= 0.6 is 0 Å². The van der Waals surface area contributed by atoms with E-state index < -0.39 is 0 Å². The van der Waals surface area contributed by atoms with Crippen LogP contribution in [0, 0.1) is 6.92 Å². The van der Waals surface area contributed by atoms with E-state index in [1.165, 1.54) is 6.33 Å². The van der Waals surface area contributed by atoms with E-state index in [9.17, 15) is 0 Å². The maximum Gasteiger partial charge on any atom is 0.148 e. The highest BCUT2D eigenvalue weighted by Gasteiger charge is 2.11. The summed E-state index contributed by atoms with van der Waals surface area (Å²) in [7, 11) is 1.64. The molecule has 0 radical (unpaired) electrons. The molecular weight excluding hydrogens is 254 g/mol. The molecule has 0 bridgehead atoms. The number of anilines is 3. The summed E-state index contributed by atoms with van der Waals surface area (Å²) in [4.78, 5) is 8.40. The predicted molar refractivity (Wildman–Crippen MR) is 80.2 cm³/mol. The number of hydrazine groups is 1. The first-order chi connectivity index (χ1) is 9.69. The number of methoxy groups -OCH3 is 1. The van der Waals surface area contributed by atoms with Crippen molar-refractivity contribution in [3.05, 3.63) is 35.7 Å². The van der Waals surface area contributed by atoms with Gasteiger partial charge in [0.15, 0.2) is 0 Å². The van der Waals surface area contributed by atoms with Gasteiger partial charge in [-0.05, 0) is 31.0 Å². The van der Waals surface area contributed by atoms with Gasteiger partial charge in [0, 0.05) is 5.56 Å². The van der Waals surface area contributed by atoms with Gasteiger partial charge >= 0.3 is 0 Å². The third kappa shape index (κ3) is 2.80. The lowest BCUT2D eigenvalue weighted by molar-refractivity contribution is 0.416. The Morgan fingerprint density at radius 2 is 2.00 bits per heavy atom. The van der Waals surface area contributed by atoms with Crippen LogP contribution in [0.2, 0.25) is 0 Å². The van der Waals surface area contributed by atoms with Crippen molar-refractivity contribution in [2.24, 2.45) is 5.84 Å². The highest BCUT2D eigenvalue weighted by molar-refractivity contribution is 5.69. The Balaban J connectivity index is 2.42. The number of hydrogen-bond donors (Lipinski definition) is 3. The van der Waals surface area contributed by atoms with Crippen molar-refractivity contribution >= 4 is 17.3 Å². The summed E-state index contributed by atoms with van der Waals surface area (Å²) in [6.07, 6.45) is 2.23. The maximum atomic E-state index is 5.48. The van der Waals surface area contributed by atoms with Crippen LogP contribution in [0.5, 0.6) is 5.75 Å². The Hall–Kier alpha value is -2.34. The SMILES string of the molecule is CCc1c(NN)ncnc1Nc1cc(C)ccc1OC. The number of aromatic nitrogens is 2. The number of benzene rings is 1. The molecule has 2 aromatic rings. The van der Waals surface area contributed by atoms with Crippen molar-refractivity contribution in [3.63, 3.8) is 0 Å². The van der Waals surface area contributed by atoms with Crippen molar-refractivity contribution in [3.8, 4) is 5.75 Å². The summed E-state index contributed by atoms with van der Waals surface area (Å²) in [6.45, 7) is 4.05. The molecule has 0 saturated carbocycles. The lowest BCUT2D eigenvalue weighted by Crippen LogP contribution is -2.13. The Morgan fingerprint density at radius 3 is 2.65 bits per heavy atom. The molecule has 6 heteroatoms. The van der Waals surface area contributed by atoms with Crippen LogP contribution in [0.4, 0.5) is 17.3 Å². The highest BCUT2D eigenvalue weighted by atomic mass is 16.5. The molecule has 0 saturated heterocycles. The van der Waals surface area contributed by atoms with Gasteiger partial charge in [-0.3, -0.25) is 0 Å².